The van der Waals surface area contributed by atoms with E-state index in [1.165, 1.54) is 51.3 Å². The summed E-state index contributed by atoms with van der Waals surface area (Å²) in [6.45, 7) is 14.7. The van der Waals surface area contributed by atoms with E-state index in [4.69, 9.17) is 4.99 Å². The number of hydrogen-bond donors (Lipinski definition) is 1. The molecule has 0 amide bonds. The van der Waals surface area contributed by atoms with Crippen LogP contribution < -0.4 is 5.32 Å². The number of piperazine rings is 1. The van der Waals surface area contributed by atoms with Crippen LogP contribution in [0.25, 0.3) is 0 Å². The number of rotatable bonds is 6. The zero-order valence-electron chi connectivity index (χ0n) is 15.2. The van der Waals surface area contributed by atoms with Crippen molar-refractivity contribution >= 4 is 29.9 Å². The zero-order chi connectivity index (χ0) is 15.6. The molecule has 5 heteroatoms. The van der Waals surface area contributed by atoms with E-state index in [9.17, 15) is 0 Å². The van der Waals surface area contributed by atoms with E-state index in [-0.39, 0.29) is 24.0 Å². The Balaban J connectivity index is 0.00000192. The SMILES string of the molecule is CCNC(=NCC1(C2CC2)CC1)N1CCN(CC(C)C)CC1.I. The van der Waals surface area contributed by atoms with Gasteiger partial charge in [-0.25, -0.2) is 0 Å². The van der Waals surface area contributed by atoms with Gasteiger partial charge in [-0.1, -0.05) is 13.8 Å². The average Bonchev–Trinajstić information content (AvgIpc) is 3.37. The number of aliphatic imine (C=N–C) groups is 1. The molecule has 1 N–H and O–H groups in total. The van der Waals surface area contributed by atoms with Crippen molar-refractivity contribution in [2.24, 2.45) is 22.2 Å². The van der Waals surface area contributed by atoms with Crippen LogP contribution in [-0.2, 0) is 0 Å². The van der Waals surface area contributed by atoms with Gasteiger partial charge in [0.25, 0.3) is 0 Å². The molecule has 0 bridgehead atoms. The molecular formula is C18H35IN4. The predicted octanol–water partition coefficient (Wildman–Crippen LogP) is 3.03. The normalized spacial score (nSPS) is 24.5. The van der Waals surface area contributed by atoms with Gasteiger partial charge in [0.2, 0.25) is 0 Å². The van der Waals surface area contributed by atoms with Crippen molar-refractivity contribution in [1.82, 2.24) is 15.1 Å². The van der Waals surface area contributed by atoms with Gasteiger partial charge in [-0.15, -0.1) is 24.0 Å². The van der Waals surface area contributed by atoms with Crippen LogP contribution >= 0.6 is 24.0 Å². The lowest BCUT2D eigenvalue weighted by atomic mass is 10.0. The summed E-state index contributed by atoms with van der Waals surface area (Å²) in [5.41, 5.74) is 0.611. The summed E-state index contributed by atoms with van der Waals surface area (Å²) in [6, 6.07) is 0. The molecule has 0 aromatic heterocycles. The Hall–Kier alpha value is -0.0400. The number of halogens is 1. The Morgan fingerprint density at radius 2 is 1.83 bits per heavy atom. The van der Waals surface area contributed by atoms with E-state index in [1.807, 2.05) is 0 Å². The molecule has 1 aliphatic heterocycles. The minimum Gasteiger partial charge on any atom is -0.357 e. The fourth-order valence-corrected chi connectivity index (χ4v) is 3.87. The Labute approximate surface area is 159 Å². The van der Waals surface area contributed by atoms with Crippen molar-refractivity contribution in [3.8, 4) is 0 Å². The molecule has 0 aromatic carbocycles. The van der Waals surface area contributed by atoms with Crippen molar-refractivity contribution in [1.29, 1.82) is 0 Å². The van der Waals surface area contributed by atoms with E-state index < -0.39 is 0 Å². The maximum Gasteiger partial charge on any atom is 0.194 e. The van der Waals surface area contributed by atoms with Crippen LogP contribution in [0.2, 0.25) is 0 Å². The molecule has 1 heterocycles. The third-order valence-corrected chi connectivity index (χ3v) is 5.51. The van der Waals surface area contributed by atoms with Gasteiger partial charge in [0, 0.05) is 45.8 Å². The molecule has 2 saturated carbocycles. The predicted molar refractivity (Wildman–Crippen MR) is 109 cm³/mol. The molecule has 2 aliphatic carbocycles. The fourth-order valence-electron chi connectivity index (χ4n) is 3.87. The second kappa shape index (κ2) is 8.37. The number of guanidine groups is 1. The third kappa shape index (κ3) is 5.21. The van der Waals surface area contributed by atoms with Crippen molar-refractivity contribution in [3.63, 3.8) is 0 Å². The molecule has 0 aromatic rings. The largest absolute Gasteiger partial charge is 0.357 e. The number of nitrogens with one attached hydrogen (secondary N) is 1. The van der Waals surface area contributed by atoms with E-state index in [0.717, 1.165) is 38.0 Å². The van der Waals surface area contributed by atoms with Crippen LogP contribution in [-0.4, -0.2) is 61.6 Å². The molecule has 0 radical (unpaired) electrons. The Bertz CT molecular complexity index is 394. The smallest absolute Gasteiger partial charge is 0.194 e. The highest BCUT2D eigenvalue weighted by Crippen LogP contribution is 2.61. The molecule has 1 saturated heterocycles. The molecule has 23 heavy (non-hydrogen) atoms. The highest BCUT2D eigenvalue weighted by Gasteiger charge is 2.53. The Kier molecular flexibility index (Phi) is 7.01. The lowest BCUT2D eigenvalue weighted by molar-refractivity contribution is 0.163. The van der Waals surface area contributed by atoms with E-state index in [2.05, 4.69) is 35.9 Å². The van der Waals surface area contributed by atoms with Gasteiger partial charge in [0.15, 0.2) is 5.96 Å². The Morgan fingerprint density at radius 1 is 1.17 bits per heavy atom. The maximum atomic E-state index is 5.03. The lowest BCUT2D eigenvalue weighted by Crippen LogP contribution is -2.53. The van der Waals surface area contributed by atoms with Crippen molar-refractivity contribution < 1.29 is 0 Å². The highest BCUT2D eigenvalue weighted by molar-refractivity contribution is 14.0. The molecular weight excluding hydrogens is 399 g/mol. The second-order valence-electron chi connectivity index (χ2n) is 7.99. The molecule has 0 unspecified atom stereocenters. The van der Waals surface area contributed by atoms with Crippen LogP contribution in [0.4, 0.5) is 0 Å². The van der Waals surface area contributed by atoms with Gasteiger partial charge in [-0.3, -0.25) is 9.89 Å². The van der Waals surface area contributed by atoms with E-state index in [0.29, 0.717) is 5.41 Å². The first-order valence-corrected chi connectivity index (χ1v) is 9.38. The summed E-state index contributed by atoms with van der Waals surface area (Å²) in [5.74, 6) is 2.93. The van der Waals surface area contributed by atoms with Crippen molar-refractivity contribution in [2.45, 2.75) is 46.5 Å². The van der Waals surface area contributed by atoms with Crippen LogP contribution in [0, 0.1) is 17.3 Å². The number of hydrogen-bond acceptors (Lipinski definition) is 2. The van der Waals surface area contributed by atoms with Gasteiger partial charge in [0.1, 0.15) is 0 Å². The van der Waals surface area contributed by atoms with E-state index >= 15 is 0 Å². The van der Waals surface area contributed by atoms with Crippen LogP contribution in [0.5, 0.6) is 0 Å². The second-order valence-corrected chi connectivity index (χ2v) is 7.99. The molecule has 4 nitrogen and oxygen atoms in total. The average molecular weight is 434 g/mol. The summed E-state index contributed by atoms with van der Waals surface area (Å²) < 4.78 is 0. The van der Waals surface area contributed by atoms with Gasteiger partial charge in [0.05, 0.1) is 0 Å². The lowest BCUT2D eigenvalue weighted by Gasteiger charge is -2.37. The van der Waals surface area contributed by atoms with Gasteiger partial charge in [-0.05, 0) is 49.9 Å². The fraction of sp³-hybridized carbons (Fsp3) is 0.944. The summed E-state index contributed by atoms with van der Waals surface area (Å²) in [6.07, 6.45) is 5.76. The highest BCUT2D eigenvalue weighted by atomic mass is 127. The van der Waals surface area contributed by atoms with Crippen molar-refractivity contribution in [2.75, 3.05) is 45.8 Å². The van der Waals surface area contributed by atoms with Crippen molar-refractivity contribution in [3.05, 3.63) is 0 Å². The summed E-state index contributed by atoms with van der Waals surface area (Å²) in [7, 11) is 0. The first-order valence-electron chi connectivity index (χ1n) is 9.38. The third-order valence-electron chi connectivity index (χ3n) is 5.51. The van der Waals surface area contributed by atoms with Gasteiger partial charge in [-0.2, -0.15) is 0 Å². The van der Waals surface area contributed by atoms with E-state index in [1.54, 1.807) is 0 Å². The molecule has 0 atom stereocenters. The molecule has 3 aliphatic rings. The monoisotopic (exact) mass is 434 g/mol. The first-order chi connectivity index (χ1) is 10.6. The molecule has 134 valence electrons. The maximum absolute atomic E-state index is 5.03. The van der Waals surface area contributed by atoms with Gasteiger partial charge < -0.3 is 10.2 Å². The summed E-state index contributed by atoms with van der Waals surface area (Å²) >= 11 is 0. The summed E-state index contributed by atoms with van der Waals surface area (Å²) in [5, 5.41) is 3.53. The first kappa shape index (κ1) is 19.3. The Morgan fingerprint density at radius 3 is 2.30 bits per heavy atom. The van der Waals surface area contributed by atoms with Crippen LogP contribution in [0.15, 0.2) is 4.99 Å². The van der Waals surface area contributed by atoms with Gasteiger partial charge >= 0.3 is 0 Å². The molecule has 0 spiro atoms. The topological polar surface area (TPSA) is 30.9 Å². The standard InChI is InChI=1S/C18H34N4.HI/c1-4-19-17(20-14-18(7-8-18)16-5-6-16)22-11-9-21(10-12-22)13-15(2)3;/h15-16H,4-14H2,1-3H3,(H,19,20);1H. The van der Waals surface area contributed by atoms with Crippen LogP contribution in [0.1, 0.15) is 46.5 Å². The quantitative estimate of drug-likeness (QED) is 0.396. The number of nitrogens with zero attached hydrogens (tertiary/aromatic N) is 3. The molecule has 3 rings (SSSR count). The minimum absolute atomic E-state index is 0. The van der Waals surface area contributed by atoms with Crippen LogP contribution in [0.3, 0.4) is 0 Å². The molecule has 3 fully saturated rings. The zero-order valence-corrected chi connectivity index (χ0v) is 17.5. The summed E-state index contributed by atoms with van der Waals surface area (Å²) in [4.78, 5) is 10.1. The minimum atomic E-state index is 0.